The van der Waals surface area contributed by atoms with Crippen molar-refractivity contribution in [1.82, 2.24) is 9.78 Å². The molecule has 0 radical (unpaired) electrons. The van der Waals surface area contributed by atoms with Gasteiger partial charge in [-0.1, -0.05) is 12.8 Å². The van der Waals surface area contributed by atoms with Crippen molar-refractivity contribution in [2.75, 3.05) is 29.1 Å². The number of hydrogen-bond donors (Lipinski definition) is 2. The first-order valence-electron chi connectivity index (χ1n) is 5.27. The second kappa shape index (κ2) is 6.33. The lowest BCUT2D eigenvalue weighted by Crippen LogP contribution is -2.09. The molecule has 0 atom stereocenters. The third-order valence-corrected chi connectivity index (χ3v) is 3.08. The summed E-state index contributed by atoms with van der Waals surface area (Å²) in [7, 11) is 1.90. The third-order valence-electron chi connectivity index (χ3n) is 2.22. The molecule has 0 saturated carbocycles. The topological polar surface area (TPSA) is 55.9 Å². The molecule has 0 unspecified atom stereocenters. The van der Waals surface area contributed by atoms with Gasteiger partial charge in [0.25, 0.3) is 0 Å². The summed E-state index contributed by atoms with van der Waals surface area (Å²) in [5, 5.41) is 7.61. The fourth-order valence-electron chi connectivity index (χ4n) is 1.44. The van der Waals surface area contributed by atoms with Crippen molar-refractivity contribution in [1.29, 1.82) is 0 Å². The monoisotopic (exact) mass is 238 g/mol. The number of nitrogens with two attached hydrogens (primary N) is 1. The number of thioether (sulfide) groups is 1. The van der Waals surface area contributed by atoms with E-state index in [2.05, 4.69) is 16.3 Å². The third kappa shape index (κ3) is 3.11. The fraction of sp³-hybridized carbons (Fsp3) is 0.545. The van der Waals surface area contributed by atoms with Crippen LogP contribution in [0.25, 0.3) is 0 Å². The Morgan fingerprint density at radius 3 is 2.94 bits per heavy atom. The molecule has 0 amide bonds. The van der Waals surface area contributed by atoms with Crippen LogP contribution in [0, 0.1) is 12.3 Å². The lowest BCUT2D eigenvalue weighted by atomic mass is 10.3. The predicted octanol–water partition coefficient (Wildman–Crippen LogP) is 1.34. The van der Waals surface area contributed by atoms with Crippen LogP contribution in [0.5, 0.6) is 0 Å². The SMILES string of the molecule is C#CCSCCNc1c(N)c(CC)nn1C. The minimum Gasteiger partial charge on any atom is -0.394 e. The largest absolute Gasteiger partial charge is 0.394 e. The van der Waals surface area contributed by atoms with Gasteiger partial charge in [0, 0.05) is 19.3 Å². The number of rotatable bonds is 6. The zero-order chi connectivity index (χ0) is 12.0. The van der Waals surface area contributed by atoms with Crippen LogP contribution >= 0.6 is 11.8 Å². The number of terminal acetylenes is 1. The van der Waals surface area contributed by atoms with E-state index in [4.69, 9.17) is 12.2 Å². The van der Waals surface area contributed by atoms with Crippen molar-refractivity contribution < 1.29 is 0 Å². The highest BCUT2D eigenvalue weighted by Crippen LogP contribution is 2.21. The Morgan fingerprint density at radius 1 is 1.62 bits per heavy atom. The van der Waals surface area contributed by atoms with E-state index in [1.165, 1.54) is 0 Å². The Balaban J connectivity index is 2.48. The van der Waals surface area contributed by atoms with E-state index in [0.29, 0.717) is 0 Å². The molecule has 1 rings (SSSR count). The van der Waals surface area contributed by atoms with E-state index in [0.717, 1.165) is 41.7 Å². The van der Waals surface area contributed by atoms with Crippen molar-refractivity contribution in [3.05, 3.63) is 5.69 Å². The maximum Gasteiger partial charge on any atom is 0.147 e. The molecule has 16 heavy (non-hydrogen) atoms. The molecule has 1 aromatic heterocycles. The van der Waals surface area contributed by atoms with Crippen LogP contribution in [0.1, 0.15) is 12.6 Å². The van der Waals surface area contributed by atoms with Crippen molar-refractivity contribution in [3.63, 3.8) is 0 Å². The Bertz CT molecular complexity index is 378. The number of nitrogens with zero attached hydrogens (tertiary/aromatic N) is 2. The van der Waals surface area contributed by atoms with Crippen LogP contribution in [0.3, 0.4) is 0 Å². The average molecular weight is 238 g/mol. The maximum atomic E-state index is 5.97. The van der Waals surface area contributed by atoms with E-state index < -0.39 is 0 Å². The number of anilines is 2. The molecule has 0 saturated heterocycles. The Morgan fingerprint density at radius 2 is 2.38 bits per heavy atom. The zero-order valence-corrected chi connectivity index (χ0v) is 10.6. The summed E-state index contributed by atoms with van der Waals surface area (Å²) in [5.41, 5.74) is 7.67. The molecule has 0 spiro atoms. The summed E-state index contributed by atoms with van der Waals surface area (Å²) in [6.07, 6.45) is 6.02. The molecule has 0 fully saturated rings. The van der Waals surface area contributed by atoms with Crippen LogP contribution in [0.4, 0.5) is 11.5 Å². The van der Waals surface area contributed by atoms with Crippen LogP contribution < -0.4 is 11.1 Å². The standard InChI is InChI=1S/C11H18N4S/c1-4-7-16-8-6-13-11-10(12)9(5-2)14-15(11)3/h1,13H,5-8,12H2,2-3H3. The molecule has 3 N–H and O–H groups in total. The molecule has 5 heteroatoms. The Labute approximate surface area is 101 Å². The predicted molar refractivity (Wildman–Crippen MR) is 71.6 cm³/mol. The highest BCUT2D eigenvalue weighted by molar-refractivity contribution is 7.99. The van der Waals surface area contributed by atoms with E-state index in [-0.39, 0.29) is 0 Å². The first kappa shape index (κ1) is 12.8. The van der Waals surface area contributed by atoms with Crippen molar-refractivity contribution >= 4 is 23.3 Å². The Hall–Kier alpha value is -1.28. The average Bonchev–Trinajstić information content (AvgIpc) is 2.55. The van der Waals surface area contributed by atoms with E-state index in [9.17, 15) is 0 Å². The van der Waals surface area contributed by atoms with Gasteiger partial charge in [-0.15, -0.1) is 18.2 Å². The molecular weight excluding hydrogens is 220 g/mol. The smallest absolute Gasteiger partial charge is 0.147 e. The molecular formula is C11H18N4S. The molecule has 0 bridgehead atoms. The van der Waals surface area contributed by atoms with Gasteiger partial charge in [0.05, 0.1) is 17.1 Å². The summed E-state index contributed by atoms with van der Waals surface area (Å²) in [4.78, 5) is 0. The number of hydrogen-bond acceptors (Lipinski definition) is 4. The number of aromatic nitrogens is 2. The molecule has 0 aliphatic carbocycles. The molecule has 88 valence electrons. The second-order valence-corrected chi connectivity index (χ2v) is 4.47. The minimum absolute atomic E-state index is 0.753. The van der Waals surface area contributed by atoms with E-state index in [1.54, 1.807) is 16.4 Å². The molecule has 1 heterocycles. The molecule has 0 aliphatic rings. The second-order valence-electron chi connectivity index (χ2n) is 3.37. The van der Waals surface area contributed by atoms with Gasteiger partial charge in [-0.3, -0.25) is 4.68 Å². The summed E-state index contributed by atoms with van der Waals surface area (Å²) in [6, 6.07) is 0. The van der Waals surface area contributed by atoms with E-state index in [1.807, 2.05) is 14.0 Å². The van der Waals surface area contributed by atoms with Crippen LogP contribution in [0.2, 0.25) is 0 Å². The van der Waals surface area contributed by atoms with Gasteiger partial charge < -0.3 is 11.1 Å². The van der Waals surface area contributed by atoms with E-state index >= 15 is 0 Å². The van der Waals surface area contributed by atoms with Crippen molar-refractivity contribution in [2.24, 2.45) is 7.05 Å². The molecule has 4 nitrogen and oxygen atoms in total. The first-order chi connectivity index (χ1) is 7.70. The highest BCUT2D eigenvalue weighted by atomic mass is 32.2. The van der Waals surface area contributed by atoms with Crippen LogP contribution in [0.15, 0.2) is 0 Å². The van der Waals surface area contributed by atoms with Crippen LogP contribution in [-0.2, 0) is 13.5 Å². The summed E-state index contributed by atoms with van der Waals surface area (Å²) >= 11 is 1.73. The number of nitrogen functional groups attached to an aromatic ring is 1. The number of nitrogens with one attached hydrogen (secondary N) is 1. The van der Waals surface area contributed by atoms with Gasteiger partial charge in [-0.2, -0.15) is 5.10 Å². The van der Waals surface area contributed by atoms with Gasteiger partial charge >= 0.3 is 0 Å². The van der Waals surface area contributed by atoms with Gasteiger partial charge in [-0.05, 0) is 6.42 Å². The highest BCUT2D eigenvalue weighted by Gasteiger charge is 2.10. The normalized spacial score (nSPS) is 10.1. The molecule has 0 aromatic carbocycles. The lowest BCUT2D eigenvalue weighted by molar-refractivity contribution is 0.749. The molecule has 1 aromatic rings. The summed E-state index contributed by atoms with van der Waals surface area (Å²) in [5.74, 6) is 5.22. The fourth-order valence-corrected chi connectivity index (χ4v) is 1.95. The quantitative estimate of drug-likeness (QED) is 0.580. The van der Waals surface area contributed by atoms with Crippen LogP contribution in [-0.4, -0.2) is 27.8 Å². The molecule has 0 aliphatic heterocycles. The van der Waals surface area contributed by atoms with Gasteiger partial charge in [0.2, 0.25) is 0 Å². The first-order valence-corrected chi connectivity index (χ1v) is 6.42. The van der Waals surface area contributed by atoms with Gasteiger partial charge in [0.1, 0.15) is 5.82 Å². The lowest BCUT2D eigenvalue weighted by Gasteiger charge is -2.06. The number of aryl methyl sites for hydroxylation is 2. The van der Waals surface area contributed by atoms with Crippen molar-refractivity contribution in [2.45, 2.75) is 13.3 Å². The Kier molecular flexibility index (Phi) is 5.06. The van der Waals surface area contributed by atoms with Gasteiger partial charge in [-0.25, -0.2) is 0 Å². The maximum absolute atomic E-state index is 5.97. The minimum atomic E-state index is 0.753. The zero-order valence-electron chi connectivity index (χ0n) is 9.79. The van der Waals surface area contributed by atoms with Gasteiger partial charge in [0.15, 0.2) is 0 Å². The summed E-state index contributed by atoms with van der Waals surface area (Å²) in [6.45, 7) is 2.89. The van der Waals surface area contributed by atoms with Crippen molar-refractivity contribution in [3.8, 4) is 12.3 Å². The summed E-state index contributed by atoms with van der Waals surface area (Å²) < 4.78 is 1.79.